The standard InChI is InChI=1S/C15H17BFNO5/c1-7-12-11(6-19)23-18(13(12)15(20)22-7)5-8-10(17)4-3-9(16)14(8)21-2/h3-4,7,11-13,19H,5-6H2,1-2H3/t7-,11-,12?,13?/m0/s1. The number of methoxy groups -OCH3 is 1. The third-order valence-corrected chi connectivity index (χ3v) is 4.39. The van der Waals surface area contributed by atoms with Crippen molar-refractivity contribution in [3.8, 4) is 5.75 Å². The average Bonchev–Trinajstić information content (AvgIpc) is 3.03. The maximum Gasteiger partial charge on any atom is 0.326 e. The molecule has 0 spiro atoms. The van der Waals surface area contributed by atoms with E-state index in [9.17, 15) is 14.3 Å². The lowest BCUT2D eigenvalue weighted by molar-refractivity contribution is -0.196. The van der Waals surface area contributed by atoms with Crippen molar-refractivity contribution in [3.63, 3.8) is 0 Å². The summed E-state index contributed by atoms with van der Waals surface area (Å²) >= 11 is 0. The van der Waals surface area contributed by atoms with Gasteiger partial charge < -0.3 is 14.6 Å². The third-order valence-electron chi connectivity index (χ3n) is 4.39. The Balaban J connectivity index is 1.92. The van der Waals surface area contributed by atoms with Crippen LogP contribution < -0.4 is 10.2 Å². The fraction of sp³-hybridized carbons (Fsp3) is 0.533. The monoisotopic (exact) mass is 321 g/mol. The van der Waals surface area contributed by atoms with Gasteiger partial charge in [0, 0.05) is 5.56 Å². The molecule has 0 amide bonds. The van der Waals surface area contributed by atoms with Crippen molar-refractivity contribution in [1.29, 1.82) is 0 Å². The van der Waals surface area contributed by atoms with Gasteiger partial charge in [-0.25, -0.2) is 4.39 Å². The lowest BCUT2D eigenvalue weighted by Crippen LogP contribution is -2.36. The maximum absolute atomic E-state index is 14.2. The molecule has 2 aliphatic heterocycles. The summed E-state index contributed by atoms with van der Waals surface area (Å²) in [6, 6.07) is 1.96. The molecule has 3 rings (SSSR count). The molecule has 2 heterocycles. The smallest absolute Gasteiger partial charge is 0.326 e. The molecule has 1 aromatic carbocycles. The molecule has 4 atom stereocenters. The normalized spacial score (nSPS) is 30.3. The van der Waals surface area contributed by atoms with Crippen molar-refractivity contribution in [2.24, 2.45) is 5.92 Å². The Morgan fingerprint density at radius 2 is 2.22 bits per heavy atom. The number of benzene rings is 1. The maximum atomic E-state index is 14.2. The van der Waals surface area contributed by atoms with E-state index in [0.29, 0.717) is 5.46 Å². The molecule has 23 heavy (non-hydrogen) atoms. The van der Waals surface area contributed by atoms with Gasteiger partial charge in [-0.05, 0) is 13.0 Å². The van der Waals surface area contributed by atoms with Gasteiger partial charge in [-0.3, -0.25) is 9.63 Å². The van der Waals surface area contributed by atoms with Crippen LogP contribution in [0.25, 0.3) is 0 Å². The Morgan fingerprint density at radius 3 is 2.87 bits per heavy atom. The van der Waals surface area contributed by atoms with E-state index >= 15 is 0 Å². The van der Waals surface area contributed by atoms with Crippen LogP contribution in [0, 0.1) is 11.7 Å². The summed E-state index contributed by atoms with van der Waals surface area (Å²) in [5.41, 5.74) is 0.484. The number of carbonyl (C=O) groups is 1. The molecule has 0 saturated carbocycles. The van der Waals surface area contributed by atoms with Crippen LogP contribution in [0.3, 0.4) is 0 Å². The molecule has 2 fully saturated rings. The molecular weight excluding hydrogens is 304 g/mol. The van der Waals surface area contributed by atoms with Gasteiger partial charge >= 0.3 is 5.97 Å². The third kappa shape index (κ3) is 2.60. The van der Waals surface area contributed by atoms with E-state index < -0.39 is 23.9 Å². The number of aliphatic hydroxyl groups is 1. The van der Waals surface area contributed by atoms with E-state index in [1.807, 2.05) is 0 Å². The predicted octanol–water partition coefficient (Wildman–Crippen LogP) is -0.334. The topological polar surface area (TPSA) is 68.2 Å². The fourth-order valence-corrected chi connectivity index (χ4v) is 3.33. The van der Waals surface area contributed by atoms with Crippen molar-refractivity contribution < 1.29 is 28.6 Å². The summed E-state index contributed by atoms with van der Waals surface area (Å²) in [5, 5.41) is 10.8. The SMILES string of the molecule is [B]c1ccc(F)c(CN2O[C@@H](CO)C3C2C(=O)O[C@H]3C)c1OC. The number of nitrogens with zero attached hydrogens (tertiary/aromatic N) is 1. The van der Waals surface area contributed by atoms with Crippen molar-refractivity contribution in [2.45, 2.75) is 31.7 Å². The van der Waals surface area contributed by atoms with Crippen molar-refractivity contribution in [1.82, 2.24) is 5.06 Å². The number of cyclic esters (lactones) is 1. The highest BCUT2D eigenvalue weighted by Gasteiger charge is 2.56. The second kappa shape index (κ2) is 6.11. The lowest BCUT2D eigenvalue weighted by atomic mass is 9.91. The quantitative estimate of drug-likeness (QED) is 0.605. The summed E-state index contributed by atoms with van der Waals surface area (Å²) < 4.78 is 24.6. The van der Waals surface area contributed by atoms with Gasteiger partial charge in [-0.15, -0.1) is 0 Å². The van der Waals surface area contributed by atoms with E-state index in [1.54, 1.807) is 6.92 Å². The van der Waals surface area contributed by atoms with Gasteiger partial charge in [-0.2, -0.15) is 5.06 Å². The Kier molecular flexibility index (Phi) is 4.31. The molecule has 1 aromatic rings. The minimum absolute atomic E-state index is 0.0421. The minimum Gasteiger partial charge on any atom is -0.497 e. The second-order valence-electron chi connectivity index (χ2n) is 5.71. The summed E-state index contributed by atoms with van der Waals surface area (Å²) in [4.78, 5) is 17.7. The molecule has 0 aromatic heterocycles. The number of hydroxylamine groups is 2. The highest BCUT2D eigenvalue weighted by molar-refractivity contribution is 6.34. The Hall–Kier alpha value is -1.64. The van der Waals surface area contributed by atoms with Crippen LogP contribution in [-0.2, 0) is 20.9 Å². The van der Waals surface area contributed by atoms with Crippen LogP contribution in [0.1, 0.15) is 12.5 Å². The van der Waals surface area contributed by atoms with Crippen LogP contribution in [0.5, 0.6) is 5.75 Å². The van der Waals surface area contributed by atoms with Crippen molar-refractivity contribution in [3.05, 3.63) is 23.5 Å². The lowest BCUT2D eigenvalue weighted by Gasteiger charge is -2.22. The highest BCUT2D eigenvalue weighted by atomic mass is 19.1. The van der Waals surface area contributed by atoms with Gasteiger partial charge in [0.05, 0.1) is 26.2 Å². The van der Waals surface area contributed by atoms with E-state index in [2.05, 4.69) is 0 Å². The first-order valence-corrected chi connectivity index (χ1v) is 7.33. The molecule has 8 heteroatoms. The Morgan fingerprint density at radius 1 is 1.48 bits per heavy atom. The van der Waals surface area contributed by atoms with Gasteiger partial charge in [0.2, 0.25) is 0 Å². The molecule has 2 unspecified atom stereocenters. The van der Waals surface area contributed by atoms with E-state index in [0.717, 1.165) is 0 Å². The molecule has 2 radical (unpaired) electrons. The van der Waals surface area contributed by atoms with Crippen LogP contribution >= 0.6 is 0 Å². The highest BCUT2D eigenvalue weighted by Crippen LogP contribution is 2.39. The first-order valence-electron chi connectivity index (χ1n) is 7.33. The van der Waals surface area contributed by atoms with Crippen molar-refractivity contribution in [2.75, 3.05) is 13.7 Å². The van der Waals surface area contributed by atoms with Crippen LogP contribution in [0.2, 0.25) is 0 Å². The number of fused-ring (bicyclic) bond motifs is 1. The fourth-order valence-electron chi connectivity index (χ4n) is 3.33. The average molecular weight is 321 g/mol. The van der Waals surface area contributed by atoms with Gasteiger partial charge in [-0.1, -0.05) is 11.5 Å². The van der Waals surface area contributed by atoms with Gasteiger partial charge in [0.25, 0.3) is 0 Å². The molecule has 2 aliphatic rings. The van der Waals surface area contributed by atoms with Crippen LogP contribution in [0.4, 0.5) is 4.39 Å². The van der Waals surface area contributed by atoms with E-state index in [1.165, 1.54) is 24.3 Å². The number of carbonyl (C=O) groups excluding carboxylic acids is 1. The Bertz CT molecular complexity index is 628. The zero-order valence-electron chi connectivity index (χ0n) is 12.9. The molecule has 0 bridgehead atoms. The Labute approximate surface area is 134 Å². The first-order chi connectivity index (χ1) is 11.0. The predicted molar refractivity (Wildman–Crippen MR) is 78.7 cm³/mol. The number of hydrogen-bond acceptors (Lipinski definition) is 6. The summed E-state index contributed by atoms with van der Waals surface area (Å²) in [6.07, 6.45) is -0.946. The van der Waals surface area contributed by atoms with E-state index in [4.69, 9.17) is 22.2 Å². The zero-order valence-corrected chi connectivity index (χ0v) is 12.9. The van der Waals surface area contributed by atoms with E-state index in [-0.39, 0.29) is 36.5 Å². The number of aliphatic hydroxyl groups excluding tert-OH is 1. The molecule has 0 aliphatic carbocycles. The van der Waals surface area contributed by atoms with Crippen LogP contribution in [0.15, 0.2) is 12.1 Å². The summed E-state index contributed by atoms with van der Waals surface area (Å²) in [7, 11) is 7.20. The summed E-state index contributed by atoms with van der Waals surface area (Å²) in [5.74, 6) is -1.05. The molecule has 122 valence electrons. The zero-order chi connectivity index (χ0) is 16.7. The second-order valence-corrected chi connectivity index (χ2v) is 5.71. The van der Waals surface area contributed by atoms with Crippen LogP contribution in [-0.4, -0.2) is 56.0 Å². The number of rotatable bonds is 4. The molecule has 6 nitrogen and oxygen atoms in total. The van der Waals surface area contributed by atoms with Gasteiger partial charge in [0.1, 0.15) is 37.7 Å². The van der Waals surface area contributed by atoms with Gasteiger partial charge in [0.15, 0.2) is 0 Å². The largest absolute Gasteiger partial charge is 0.497 e. The number of halogens is 1. The molecular formula is C15H17BFNO5. The first kappa shape index (κ1) is 16.2. The molecule has 2 saturated heterocycles. The number of hydrogen-bond donors (Lipinski definition) is 1. The minimum atomic E-state index is -0.687. The molecule has 1 N–H and O–H groups in total. The number of esters is 1. The summed E-state index contributed by atoms with van der Waals surface area (Å²) in [6.45, 7) is 1.45. The number of ether oxygens (including phenoxy) is 2. The van der Waals surface area contributed by atoms with Crippen molar-refractivity contribution >= 4 is 19.3 Å².